The summed E-state index contributed by atoms with van der Waals surface area (Å²) in [6.07, 6.45) is 0.910. The van der Waals surface area contributed by atoms with Crippen molar-refractivity contribution in [2.24, 2.45) is 5.10 Å². The van der Waals surface area contributed by atoms with Gasteiger partial charge in [-0.1, -0.05) is 23.7 Å². The highest BCUT2D eigenvalue weighted by Crippen LogP contribution is 2.29. The number of amides is 2. The van der Waals surface area contributed by atoms with Gasteiger partial charge in [0.15, 0.2) is 0 Å². The lowest BCUT2D eigenvalue weighted by Crippen LogP contribution is -2.25. The molecule has 1 atom stereocenters. The van der Waals surface area contributed by atoms with Gasteiger partial charge in [0.25, 0.3) is 5.91 Å². The van der Waals surface area contributed by atoms with Gasteiger partial charge in [-0.3, -0.25) is 14.6 Å². The average Bonchev–Trinajstić information content (AvgIpc) is 3.21. The molecule has 0 bridgehead atoms. The average molecular weight is 421 g/mol. The summed E-state index contributed by atoms with van der Waals surface area (Å²) in [5.41, 5.74) is 2.31. The Balaban J connectivity index is 1.50. The van der Waals surface area contributed by atoms with Gasteiger partial charge in [-0.25, -0.2) is 0 Å². The van der Waals surface area contributed by atoms with Gasteiger partial charge in [0, 0.05) is 35.0 Å². The summed E-state index contributed by atoms with van der Waals surface area (Å²) in [6, 6.07) is 19.1. The molecular formula is C22H17ClN4O3. The zero-order valence-corrected chi connectivity index (χ0v) is 16.7. The van der Waals surface area contributed by atoms with E-state index in [1.165, 1.54) is 11.9 Å². The van der Waals surface area contributed by atoms with Crippen LogP contribution in [0.2, 0.25) is 5.02 Å². The predicted molar refractivity (Wildman–Crippen MR) is 113 cm³/mol. The lowest BCUT2D eigenvalue weighted by Gasteiger charge is -2.18. The molecule has 1 aromatic heterocycles. The zero-order valence-electron chi connectivity index (χ0n) is 15.9. The molecule has 2 amide bonds. The van der Waals surface area contributed by atoms with E-state index >= 15 is 0 Å². The van der Waals surface area contributed by atoms with Gasteiger partial charge in [-0.15, -0.1) is 5.10 Å². The Morgan fingerprint density at radius 3 is 2.53 bits per heavy atom. The Morgan fingerprint density at radius 2 is 1.87 bits per heavy atom. The summed E-state index contributed by atoms with van der Waals surface area (Å²) < 4.78 is 5.90. The Hall–Kier alpha value is -3.71. The third-order valence-corrected chi connectivity index (χ3v) is 4.62. The molecule has 150 valence electrons. The van der Waals surface area contributed by atoms with Gasteiger partial charge in [0.2, 0.25) is 18.0 Å². The molecule has 1 unspecified atom stereocenters. The third kappa shape index (κ3) is 4.16. The Labute approximate surface area is 177 Å². The number of aromatic nitrogens is 1. The van der Waals surface area contributed by atoms with E-state index in [0.717, 1.165) is 0 Å². The van der Waals surface area contributed by atoms with Crippen molar-refractivity contribution in [1.29, 1.82) is 0 Å². The summed E-state index contributed by atoms with van der Waals surface area (Å²) in [5.74, 6) is -0.225. The number of nitrogens with one attached hydrogen (secondary N) is 1. The number of pyridine rings is 1. The smallest absolute Gasteiger partial charge is 0.255 e. The largest absolute Gasteiger partial charge is 0.444 e. The van der Waals surface area contributed by atoms with Crippen LogP contribution in [-0.2, 0) is 9.53 Å². The molecule has 1 aliphatic rings. The van der Waals surface area contributed by atoms with Crippen molar-refractivity contribution >= 4 is 35.0 Å². The zero-order chi connectivity index (χ0) is 21.1. The van der Waals surface area contributed by atoms with Crippen LogP contribution in [0.3, 0.4) is 0 Å². The first-order chi connectivity index (χ1) is 14.5. The van der Waals surface area contributed by atoms with Crippen molar-refractivity contribution < 1.29 is 14.3 Å². The van der Waals surface area contributed by atoms with E-state index in [0.29, 0.717) is 33.4 Å². The lowest BCUT2D eigenvalue weighted by molar-refractivity contribution is -0.135. The Kier molecular flexibility index (Phi) is 5.45. The van der Waals surface area contributed by atoms with E-state index < -0.39 is 6.23 Å². The van der Waals surface area contributed by atoms with Crippen LogP contribution in [0.4, 0.5) is 5.69 Å². The van der Waals surface area contributed by atoms with Gasteiger partial charge >= 0.3 is 0 Å². The molecule has 4 rings (SSSR count). The number of halogens is 1. The van der Waals surface area contributed by atoms with Crippen molar-refractivity contribution in [2.75, 3.05) is 5.32 Å². The van der Waals surface area contributed by atoms with Crippen molar-refractivity contribution in [3.63, 3.8) is 0 Å². The number of rotatable bonds is 4. The monoisotopic (exact) mass is 420 g/mol. The van der Waals surface area contributed by atoms with E-state index in [4.69, 9.17) is 16.3 Å². The van der Waals surface area contributed by atoms with Crippen LogP contribution in [-0.4, -0.2) is 27.7 Å². The number of anilines is 1. The minimum absolute atomic E-state index is 0.258. The Morgan fingerprint density at radius 1 is 1.07 bits per heavy atom. The van der Waals surface area contributed by atoms with Crippen LogP contribution < -0.4 is 5.32 Å². The molecular weight excluding hydrogens is 404 g/mol. The maximum atomic E-state index is 12.4. The fourth-order valence-corrected chi connectivity index (χ4v) is 3.12. The van der Waals surface area contributed by atoms with Gasteiger partial charge in [0.05, 0.1) is 0 Å². The lowest BCUT2D eigenvalue weighted by atomic mass is 10.2. The number of hydrogen-bond acceptors (Lipinski definition) is 5. The highest BCUT2D eigenvalue weighted by molar-refractivity contribution is 6.31. The molecule has 2 aromatic carbocycles. The van der Waals surface area contributed by atoms with Crippen LogP contribution in [0.15, 0.2) is 78.0 Å². The highest BCUT2D eigenvalue weighted by Gasteiger charge is 2.33. The van der Waals surface area contributed by atoms with E-state index in [1.807, 2.05) is 6.07 Å². The number of hydrazone groups is 1. The molecule has 8 heteroatoms. The van der Waals surface area contributed by atoms with Gasteiger partial charge < -0.3 is 10.1 Å². The first kappa shape index (κ1) is 19.6. The Bertz CT molecular complexity index is 1120. The van der Waals surface area contributed by atoms with Gasteiger partial charge in [-0.05, 0) is 54.6 Å². The molecule has 0 spiro atoms. The number of benzene rings is 2. The first-order valence-corrected chi connectivity index (χ1v) is 9.52. The van der Waals surface area contributed by atoms with Crippen LogP contribution >= 0.6 is 11.6 Å². The molecule has 1 aliphatic heterocycles. The number of carbonyl (C=O) groups is 2. The molecule has 0 aliphatic carbocycles. The second kappa shape index (κ2) is 8.34. The van der Waals surface area contributed by atoms with Crippen LogP contribution in [0, 0.1) is 0 Å². The van der Waals surface area contributed by atoms with Crippen molar-refractivity contribution in [3.8, 4) is 0 Å². The summed E-state index contributed by atoms with van der Waals surface area (Å²) in [4.78, 5) is 28.6. The van der Waals surface area contributed by atoms with E-state index in [2.05, 4.69) is 15.4 Å². The van der Waals surface area contributed by atoms with Crippen molar-refractivity contribution in [2.45, 2.75) is 13.2 Å². The summed E-state index contributed by atoms with van der Waals surface area (Å²) in [6.45, 7) is 1.42. The summed E-state index contributed by atoms with van der Waals surface area (Å²) in [7, 11) is 0. The number of nitrogens with zero attached hydrogens (tertiary/aromatic N) is 3. The van der Waals surface area contributed by atoms with E-state index in [-0.39, 0.29) is 11.8 Å². The predicted octanol–water partition coefficient (Wildman–Crippen LogP) is 4.23. The second-order valence-electron chi connectivity index (χ2n) is 6.54. The normalized spacial score (nSPS) is 15.3. The molecule has 0 radical (unpaired) electrons. The quantitative estimate of drug-likeness (QED) is 0.684. The molecule has 0 saturated heterocycles. The van der Waals surface area contributed by atoms with Crippen LogP contribution in [0.5, 0.6) is 0 Å². The fourth-order valence-electron chi connectivity index (χ4n) is 2.93. The molecule has 30 heavy (non-hydrogen) atoms. The minimum Gasteiger partial charge on any atom is -0.444 e. The van der Waals surface area contributed by atoms with Gasteiger partial charge in [0.1, 0.15) is 5.69 Å². The molecule has 3 aromatic rings. The van der Waals surface area contributed by atoms with Crippen LogP contribution in [0.25, 0.3) is 0 Å². The summed E-state index contributed by atoms with van der Waals surface area (Å²) >= 11 is 5.94. The number of ether oxygens (including phenoxy) is 1. The standard InChI is InChI=1S/C22H17ClN4O3/c1-14(28)27-22(19-7-2-3-12-24-19)30-21(26-27)15-8-10-18(11-9-15)25-20(29)16-5-4-6-17(23)13-16/h2-13,22H,1H3,(H,25,29). The molecule has 0 fully saturated rings. The molecule has 7 nitrogen and oxygen atoms in total. The van der Waals surface area contributed by atoms with E-state index in [1.54, 1.807) is 66.9 Å². The third-order valence-electron chi connectivity index (χ3n) is 4.38. The fraction of sp³-hybridized carbons (Fsp3) is 0.0909. The molecule has 2 heterocycles. The molecule has 1 N–H and O–H groups in total. The van der Waals surface area contributed by atoms with E-state index in [9.17, 15) is 9.59 Å². The van der Waals surface area contributed by atoms with Crippen LogP contribution in [0.1, 0.15) is 34.8 Å². The van der Waals surface area contributed by atoms with Crippen molar-refractivity contribution in [3.05, 3.63) is 94.8 Å². The van der Waals surface area contributed by atoms with Gasteiger partial charge in [-0.2, -0.15) is 5.01 Å². The molecule has 0 saturated carbocycles. The van der Waals surface area contributed by atoms with Crippen molar-refractivity contribution in [1.82, 2.24) is 9.99 Å². The SMILES string of the molecule is CC(=O)N1N=C(c2ccc(NC(=O)c3cccc(Cl)c3)cc2)OC1c1ccccn1. The summed E-state index contributed by atoms with van der Waals surface area (Å²) in [5, 5.41) is 8.86. The topological polar surface area (TPSA) is 83.9 Å². The first-order valence-electron chi connectivity index (χ1n) is 9.14. The second-order valence-corrected chi connectivity index (χ2v) is 6.97. The minimum atomic E-state index is -0.721. The maximum Gasteiger partial charge on any atom is 0.255 e. The maximum absolute atomic E-state index is 12.4. The number of carbonyl (C=O) groups excluding carboxylic acids is 2. The number of hydrogen-bond donors (Lipinski definition) is 1. The highest BCUT2D eigenvalue weighted by atomic mass is 35.5.